The summed E-state index contributed by atoms with van der Waals surface area (Å²) in [5.74, 6) is 1.04. The molecule has 0 amide bonds. The molecule has 0 aliphatic carbocycles. The van der Waals surface area contributed by atoms with Crippen LogP contribution < -0.4 is 5.32 Å². The molecular formula is C13H26N4OS. The summed E-state index contributed by atoms with van der Waals surface area (Å²) in [6.45, 7) is 6.49. The molecular weight excluding hydrogens is 260 g/mol. The molecule has 0 aliphatic rings. The highest BCUT2D eigenvalue weighted by molar-refractivity contribution is 7.99. The number of aliphatic hydroxyl groups excluding tert-OH is 1. The van der Waals surface area contributed by atoms with Gasteiger partial charge in [0.05, 0.1) is 6.61 Å². The molecule has 0 aliphatic heterocycles. The first-order valence-electron chi connectivity index (χ1n) is 6.82. The molecule has 5 nitrogen and oxygen atoms in total. The first kappa shape index (κ1) is 16.5. The van der Waals surface area contributed by atoms with Gasteiger partial charge in [-0.25, -0.2) is 0 Å². The fourth-order valence-electron chi connectivity index (χ4n) is 2.08. The average molecular weight is 286 g/mol. The van der Waals surface area contributed by atoms with Crippen molar-refractivity contribution in [3.05, 3.63) is 6.33 Å². The molecule has 0 aromatic carbocycles. The summed E-state index contributed by atoms with van der Waals surface area (Å²) < 4.78 is 1.93. The summed E-state index contributed by atoms with van der Waals surface area (Å²) in [5.41, 5.74) is -0.163. The van der Waals surface area contributed by atoms with Gasteiger partial charge in [-0.3, -0.25) is 0 Å². The Hall–Kier alpha value is -0.590. The fraction of sp³-hybridized carbons (Fsp3) is 0.846. The van der Waals surface area contributed by atoms with E-state index in [0.717, 1.165) is 30.2 Å². The lowest BCUT2D eigenvalue weighted by atomic mass is 9.95. The topological polar surface area (TPSA) is 63.0 Å². The summed E-state index contributed by atoms with van der Waals surface area (Å²) in [4.78, 5) is 0. The van der Waals surface area contributed by atoms with E-state index in [1.54, 1.807) is 18.1 Å². The summed E-state index contributed by atoms with van der Waals surface area (Å²) in [6, 6.07) is 0.394. The molecule has 0 saturated heterocycles. The number of hydrogen-bond donors (Lipinski definition) is 2. The zero-order chi connectivity index (χ0) is 14.3. The highest BCUT2D eigenvalue weighted by atomic mass is 32.2. The van der Waals surface area contributed by atoms with Gasteiger partial charge in [0.25, 0.3) is 0 Å². The molecule has 0 bridgehead atoms. The largest absolute Gasteiger partial charge is 0.394 e. The molecule has 1 aromatic heterocycles. The number of nitrogens with one attached hydrogen (secondary N) is 1. The Morgan fingerprint density at radius 1 is 1.47 bits per heavy atom. The van der Waals surface area contributed by atoms with E-state index in [9.17, 15) is 5.11 Å². The third-order valence-electron chi connectivity index (χ3n) is 3.01. The summed E-state index contributed by atoms with van der Waals surface area (Å²) in [7, 11) is 1.96. The molecule has 1 atom stereocenters. The summed E-state index contributed by atoms with van der Waals surface area (Å²) in [5, 5.41) is 21.8. The maximum atomic E-state index is 9.49. The van der Waals surface area contributed by atoms with Crippen LogP contribution >= 0.6 is 11.8 Å². The fourth-order valence-corrected chi connectivity index (χ4v) is 2.96. The highest BCUT2D eigenvalue weighted by Gasteiger charge is 2.22. The van der Waals surface area contributed by atoms with Gasteiger partial charge in [-0.2, -0.15) is 0 Å². The van der Waals surface area contributed by atoms with E-state index >= 15 is 0 Å². The van der Waals surface area contributed by atoms with Crippen LogP contribution in [0.2, 0.25) is 0 Å². The van der Waals surface area contributed by atoms with Crippen LogP contribution in [0.15, 0.2) is 11.5 Å². The first-order valence-corrected chi connectivity index (χ1v) is 7.81. The Morgan fingerprint density at radius 2 is 2.21 bits per heavy atom. The van der Waals surface area contributed by atoms with Crippen LogP contribution in [0.4, 0.5) is 0 Å². The molecule has 1 rings (SSSR count). The Labute approximate surface area is 120 Å². The smallest absolute Gasteiger partial charge is 0.190 e. The Balaban J connectivity index is 2.20. The predicted molar refractivity (Wildman–Crippen MR) is 79.3 cm³/mol. The van der Waals surface area contributed by atoms with Crippen molar-refractivity contribution in [1.29, 1.82) is 0 Å². The SMILES string of the molecule is CC(C)NC(C)(CO)CCCCSc1nncn1C. The third-order valence-corrected chi connectivity index (χ3v) is 4.13. The second-order valence-electron chi connectivity index (χ2n) is 5.55. The van der Waals surface area contributed by atoms with Gasteiger partial charge in [0.2, 0.25) is 0 Å². The molecule has 19 heavy (non-hydrogen) atoms. The molecule has 6 heteroatoms. The van der Waals surface area contributed by atoms with Gasteiger partial charge < -0.3 is 15.0 Å². The van der Waals surface area contributed by atoms with E-state index in [-0.39, 0.29) is 12.1 Å². The predicted octanol–water partition coefficient (Wildman–Crippen LogP) is 1.83. The van der Waals surface area contributed by atoms with Crippen LogP contribution in [0.25, 0.3) is 0 Å². The second kappa shape index (κ2) is 7.87. The van der Waals surface area contributed by atoms with Crippen molar-refractivity contribution in [3.8, 4) is 0 Å². The van der Waals surface area contributed by atoms with Crippen LogP contribution in [0, 0.1) is 0 Å². The monoisotopic (exact) mass is 286 g/mol. The summed E-state index contributed by atoms with van der Waals surface area (Å²) in [6.07, 6.45) is 4.92. The molecule has 1 unspecified atom stereocenters. The van der Waals surface area contributed by atoms with Crippen LogP contribution in [-0.2, 0) is 7.05 Å². The van der Waals surface area contributed by atoms with Gasteiger partial charge in [-0.1, -0.05) is 32.0 Å². The molecule has 110 valence electrons. The van der Waals surface area contributed by atoms with Crippen LogP contribution in [0.1, 0.15) is 40.0 Å². The summed E-state index contributed by atoms with van der Waals surface area (Å²) >= 11 is 1.73. The van der Waals surface area contributed by atoms with E-state index in [4.69, 9.17) is 0 Å². The van der Waals surface area contributed by atoms with Crippen molar-refractivity contribution in [2.24, 2.45) is 7.05 Å². The molecule has 0 fully saturated rings. The minimum absolute atomic E-state index is 0.163. The zero-order valence-electron chi connectivity index (χ0n) is 12.4. The minimum Gasteiger partial charge on any atom is -0.394 e. The molecule has 0 saturated carbocycles. The van der Waals surface area contributed by atoms with Crippen molar-refractivity contribution in [1.82, 2.24) is 20.1 Å². The lowest BCUT2D eigenvalue weighted by molar-refractivity contribution is 0.154. The van der Waals surface area contributed by atoms with E-state index in [2.05, 4.69) is 36.3 Å². The van der Waals surface area contributed by atoms with E-state index in [0.29, 0.717) is 6.04 Å². The van der Waals surface area contributed by atoms with Gasteiger partial charge in [0.15, 0.2) is 5.16 Å². The number of thioether (sulfide) groups is 1. The minimum atomic E-state index is -0.163. The van der Waals surface area contributed by atoms with Crippen LogP contribution in [0.3, 0.4) is 0 Å². The van der Waals surface area contributed by atoms with E-state index < -0.39 is 0 Å². The van der Waals surface area contributed by atoms with Gasteiger partial charge in [-0.05, 0) is 19.8 Å². The number of nitrogens with zero attached hydrogens (tertiary/aromatic N) is 3. The average Bonchev–Trinajstić information content (AvgIpc) is 2.74. The lowest BCUT2D eigenvalue weighted by Crippen LogP contribution is -2.49. The van der Waals surface area contributed by atoms with Crippen molar-refractivity contribution < 1.29 is 5.11 Å². The van der Waals surface area contributed by atoms with Gasteiger partial charge in [0.1, 0.15) is 6.33 Å². The van der Waals surface area contributed by atoms with Crippen molar-refractivity contribution >= 4 is 11.8 Å². The quantitative estimate of drug-likeness (QED) is 0.535. The van der Waals surface area contributed by atoms with Crippen LogP contribution in [-0.4, -0.2) is 43.8 Å². The number of unbranched alkanes of at least 4 members (excludes halogenated alkanes) is 1. The van der Waals surface area contributed by atoms with Gasteiger partial charge >= 0.3 is 0 Å². The molecule has 1 heterocycles. The molecule has 1 aromatic rings. The maximum absolute atomic E-state index is 9.49. The highest BCUT2D eigenvalue weighted by Crippen LogP contribution is 2.19. The Kier molecular flexibility index (Phi) is 6.82. The molecule has 2 N–H and O–H groups in total. The number of rotatable bonds is 9. The molecule has 0 radical (unpaired) electrons. The third kappa shape index (κ3) is 5.93. The van der Waals surface area contributed by atoms with Gasteiger partial charge in [-0.15, -0.1) is 10.2 Å². The number of aryl methyl sites for hydroxylation is 1. The Morgan fingerprint density at radius 3 is 2.74 bits per heavy atom. The van der Waals surface area contributed by atoms with Crippen molar-refractivity contribution in [3.63, 3.8) is 0 Å². The van der Waals surface area contributed by atoms with Gasteiger partial charge in [0, 0.05) is 24.4 Å². The number of hydrogen-bond acceptors (Lipinski definition) is 5. The normalized spacial score (nSPS) is 14.8. The Bertz CT molecular complexity index is 369. The zero-order valence-corrected chi connectivity index (χ0v) is 13.2. The lowest BCUT2D eigenvalue weighted by Gasteiger charge is -2.31. The van der Waals surface area contributed by atoms with E-state index in [1.807, 2.05) is 11.6 Å². The molecule has 0 spiro atoms. The standard InChI is InChI=1S/C13H26N4OS/c1-11(2)15-13(3,9-18)7-5-6-8-19-12-16-14-10-17(12)4/h10-11,15,18H,5-9H2,1-4H3. The maximum Gasteiger partial charge on any atom is 0.190 e. The first-order chi connectivity index (χ1) is 8.97. The van der Waals surface area contributed by atoms with Crippen LogP contribution in [0.5, 0.6) is 0 Å². The number of aromatic nitrogens is 3. The number of aliphatic hydroxyl groups is 1. The van der Waals surface area contributed by atoms with Crippen molar-refractivity contribution in [2.45, 2.75) is 56.8 Å². The van der Waals surface area contributed by atoms with E-state index in [1.165, 1.54) is 0 Å². The van der Waals surface area contributed by atoms with Crippen molar-refractivity contribution in [2.75, 3.05) is 12.4 Å². The second-order valence-corrected chi connectivity index (χ2v) is 6.61.